The number of sulfonamides is 1. The van der Waals surface area contributed by atoms with Gasteiger partial charge in [-0.1, -0.05) is 49.2 Å². The monoisotopic (exact) mass is 500 g/mol. The van der Waals surface area contributed by atoms with Gasteiger partial charge in [0.15, 0.2) is 0 Å². The molecule has 0 fully saturated rings. The molecule has 2 N–H and O–H groups in total. The van der Waals surface area contributed by atoms with Gasteiger partial charge in [0.2, 0.25) is 0 Å². The van der Waals surface area contributed by atoms with Crippen molar-refractivity contribution in [2.75, 3.05) is 17.9 Å². The molecule has 0 spiro atoms. The zero-order valence-corrected chi connectivity index (χ0v) is 21.1. The van der Waals surface area contributed by atoms with Gasteiger partial charge in [0.1, 0.15) is 17.3 Å². The number of aryl methyl sites for hydroxylation is 3. The van der Waals surface area contributed by atoms with E-state index in [4.69, 9.17) is 16.3 Å². The summed E-state index contributed by atoms with van der Waals surface area (Å²) in [6.07, 6.45) is 2.11. The van der Waals surface area contributed by atoms with E-state index in [0.717, 1.165) is 29.7 Å². The molecule has 0 saturated heterocycles. The molecule has 0 aromatic heterocycles. The van der Waals surface area contributed by atoms with Crippen molar-refractivity contribution in [3.8, 4) is 5.75 Å². The fourth-order valence-electron chi connectivity index (χ4n) is 3.37. The van der Waals surface area contributed by atoms with Crippen molar-refractivity contribution in [2.24, 2.45) is 0 Å². The van der Waals surface area contributed by atoms with Gasteiger partial charge in [-0.25, -0.2) is 8.42 Å². The summed E-state index contributed by atoms with van der Waals surface area (Å²) in [5.74, 6) is 0.313. The standard InChI is InChI=1S/C26H29ClN2O4S/c1-4-5-20-8-11-22(12-9-20)33-15-14-28-26(30)21-10-13-23(27)25(17-21)34(31,32)29-24-16-18(2)6-7-19(24)3/h6-13,16-17,29H,4-5,14-15H2,1-3H3,(H,28,30). The van der Waals surface area contributed by atoms with Gasteiger partial charge in [-0.05, 0) is 73.4 Å². The fourth-order valence-corrected chi connectivity index (χ4v) is 5.02. The van der Waals surface area contributed by atoms with Gasteiger partial charge in [0, 0.05) is 5.56 Å². The summed E-state index contributed by atoms with van der Waals surface area (Å²) < 4.78 is 34.2. The fraction of sp³-hybridized carbons (Fsp3) is 0.269. The van der Waals surface area contributed by atoms with Gasteiger partial charge in [-0.2, -0.15) is 0 Å². The van der Waals surface area contributed by atoms with Crippen LogP contribution in [0.25, 0.3) is 0 Å². The lowest BCUT2D eigenvalue weighted by molar-refractivity contribution is 0.0947. The zero-order valence-electron chi connectivity index (χ0n) is 19.5. The van der Waals surface area contributed by atoms with Crippen LogP contribution < -0.4 is 14.8 Å². The second-order valence-electron chi connectivity index (χ2n) is 8.07. The number of anilines is 1. The van der Waals surface area contributed by atoms with Crippen LogP contribution in [0.1, 0.15) is 40.4 Å². The summed E-state index contributed by atoms with van der Waals surface area (Å²) in [4.78, 5) is 12.4. The molecule has 0 radical (unpaired) electrons. The Morgan fingerprint density at radius 3 is 2.44 bits per heavy atom. The van der Waals surface area contributed by atoms with Gasteiger partial charge in [-0.15, -0.1) is 0 Å². The van der Waals surface area contributed by atoms with Crippen LogP contribution in [0.15, 0.2) is 65.6 Å². The predicted octanol–water partition coefficient (Wildman–Crippen LogP) is 5.52. The zero-order chi connectivity index (χ0) is 24.7. The Bertz CT molecular complexity index is 1260. The number of hydrogen-bond acceptors (Lipinski definition) is 4. The Morgan fingerprint density at radius 2 is 1.74 bits per heavy atom. The van der Waals surface area contributed by atoms with Crippen LogP contribution in [-0.4, -0.2) is 27.5 Å². The van der Waals surface area contributed by atoms with Crippen molar-refractivity contribution in [1.82, 2.24) is 5.32 Å². The Kier molecular flexibility index (Phi) is 8.58. The first kappa shape index (κ1) is 25.6. The lowest BCUT2D eigenvalue weighted by atomic mass is 10.1. The number of carbonyl (C=O) groups excluding carboxylic acids is 1. The smallest absolute Gasteiger partial charge is 0.263 e. The van der Waals surface area contributed by atoms with E-state index in [1.807, 2.05) is 50.2 Å². The Hall–Kier alpha value is -3.03. The van der Waals surface area contributed by atoms with E-state index in [0.29, 0.717) is 5.69 Å². The second-order valence-corrected chi connectivity index (χ2v) is 10.1. The molecular weight excluding hydrogens is 472 g/mol. The van der Waals surface area contributed by atoms with E-state index in [1.165, 1.54) is 23.8 Å². The molecule has 1 amide bonds. The van der Waals surface area contributed by atoms with Gasteiger partial charge in [0.05, 0.1) is 17.3 Å². The summed E-state index contributed by atoms with van der Waals surface area (Å²) >= 11 is 6.18. The Morgan fingerprint density at radius 1 is 1.00 bits per heavy atom. The van der Waals surface area contributed by atoms with Gasteiger partial charge in [-0.3, -0.25) is 9.52 Å². The number of hydrogen-bond donors (Lipinski definition) is 2. The lowest BCUT2D eigenvalue weighted by Gasteiger charge is -2.13. The van der Waals surface area contributed by atoms with Crippen molar-refractivity contribution < 1.29 is 17.9 Å². The summed E-state index contributed by atoms with van der Waals surface area (Å²) in [5, 5.41) is 2.77. The first-order valence-electron chi connectivity index (χ1n) is 11.1. The van der Waals surface area contributed by atoms with Crippen LogP contribution in [-0.2, 0) is 16.4 Å². The van der Waals surface area contributed by atoms with Crippen LogP contribution in [0.2, 0.25) is 5.02 Å². The van der Waals surface area contributed by atoms with Gasteiger partial charge < -0.3 is 10.1 Å². The van der Waals surface area contributed by atoms with E-state index in [1.54, 1.807) is 6.07 Å². The SMILES string of the molecule is CCCc1ccc(OCCNC(=O)c2ccc(Cl)c(S(=O)(=O)Nc3cc(C)ccc3C)c2)cc1. The number of amides is 1. The highest BCUT2D eigenvalue weighted by molar-refractivity contribution is 7.92. The normalized spacial score (nSPS) is 11.2. The van der Waals surface area contributed by atoms with Crippen molar-refractivity contribution in [3.63, 3.8) is 0 Å². The van der Waals surface area contributed by atoms with Gasteiger partial charge >= 0.3 is 0 Å². The number of ether oxygens (including phenoxy) is 1. The molecule has 0 aliphatic rings. The molecule has 0 bridgehead atoms. The quantitative estimate of drug-likeness (QED) is 0.359. The lowest BCUT2D eigenvalue weighted by Crippen LogP contribution is -2.28. The summed E-state index contributed by atoms with van der Waals surface area (Å²) in [6, 6.07) is 17.5. The summed E-state index contributed by atoms with van der Waals surface area (Å²) in [6.45, 7) is 6.37. The minimum atomic E-state index is -3.99. The molecule has 0 unspecified atom stereocenters. The van der Waals surface area contributed by atoms with E-state index in [2.05, 4.69) is 17.0 Å². The molecule has 3 aromatic carbocycles. The molecule has 0 saturated carbocycles. The third-order valence-electron chi connectivity index (χ3n) is 5.24. The Balaban J connectivity index is 1.63. The largest absolute Gasteiger partial charge is 0.492 e. The van der Waals surface area contributed by atoms with Crippen LogP contribution in [0.5, 0.6) is 5.75 Å². The molecule has 0 heterocycles. The second kappa shape index (κ2) is 11.4. The highest BCUT2D eigenvalue weighted by Crippen LogP contribution is 2.27. The Labute approximate surface area is 206 Å². The molecule has 34 heavy (non-hydrogen) atoms. The maximum atomic E-state index is 13.0. The predicted molar refractivity (Wildman–Crippen MR) is 136 cm³/mol. The van der Waals surface area contributed by atoms with Crippen molar-refractivity contribution in [3.05, 3.63) is 87.9 Å². The molecule has 0 atom stereocenters. The number of nitrogens with one attached hydrogen (secondary N) is 2. The minimum Gasteiger partial charge on any atom is -0.492 e. The van der Waals surface area contributed by atoms with Crippen LogP contribution in [0.4, 0.5) is 5.69 Å². The molecule has 180 valence electrons. The molecule has 0 aliphatic heterocycles. The van der Waals surface area contributed by atoms with Crippen molar-refractivity contribution >= 4 is 33.2 Å². The number of halogens is 1. The minimum absolute atomic E-state index is 0.0317. The molecule has 3 aromatic rings. The molecule has 0 aliphatic carbocycles. The maximum Gasteiger partial charge on any atom is 0.263 e. The van der Waals surface area contributed by atoms with E-state index in [9.17, 15) is 13.2 Å². The highest BCUT2D eigenvalue weighted by atomic mass is 35.5. The van der Waals surface area contributed by atoms with E-state index in [-0.39, 0.29) is 28.6 Å². The third-order valence-corrected chi connectivity index (χ3v) is 7.09. The topological polar surface area (TPSA) is 84.5 Å². The van der Waals surface area contributed by atoms with Crippen LogP contribution >= 0.6 is 11.6 Å². The number of carbonyl (C=O) groups is 1. The average Bonchev–Trinajstić information content (AvgIpc) is 2.80. The molecule has 3 rings (SSSR count). The third kappa shape index (κ3) is 6.74. The van der Waals surface area contributed by atoms with Gasteiger partial charge in [0.25, 0.3) is 15.9 Å². The average molecular weight is 501 g/mol. The summed E-state index contributed by atoms with van der Waals surface area (Å²) in [5.41, 5.74) is 3.60. The molecule has 6 nitrogen and oxygen atoms in total. The van der Waals surface area contributed by atoms with E-state index >= 15 is 0 Å². The first-order valence-corrected chi connectivity index (χ1v) is 13.0. The van der Waals surface area contributed by atoms with Crippen molar-refractivity contribution in [2.45, 2.75) is 38.5 Å². The number of benzene rings is 3. The van der Waals surface area contributed by atoms with Crippen LogP contribution in [0, 0.1) is 13.8 Å². The molecule has 8 heteroatoms. The maximum absolute atomic E-state index is 13.0. The molecular formula is C26H29ClN2O4S. The first-order chi connectivity index (χ1) is 16.2. The number of rotatable bonds is 10. The van der Waals surface area contributed by atoms with E-state index < -0.39 is 15.9 Å². The summed E-state index contributed by atoms with van der Waals surface area (Å²) in [7, 11) is -3.99. The van der Waals surface area contributed by atoms with Crippen molar-refractivity contribution in [1.29, 1.82) is 0 Å². The van der Waals surface area contributed by atoms with Crippen LogP contribution in [0.3, 0.4) is 0 Å². The highest BCUT2D eigenvalue weighted by Gasteiger charge is 2.21.